The summed E-state index contributed by atoms with van der Waals surface area (Å²) in [6.07, 6.45) is 1.33. The zero-order valence-corrected chi connectivity index (χ0v) is 8.97. The van der Waals surface area contributed by atoms with Gasteiger partial charge in [-0.15, -0.1) is 0 Å². The van der Waals surface area contributed by atoms with Gasteiger partial charge in [0.25, 0.3) is 0 Å². The second-order valence-electron chi connectivity index (χ2n) is 3.67. The Hall–Kier alpha value is -0.730. The van der Waals surface area contributed by atoms with Crippen LogP contribution in [-0.2, 0) is 0 Å². The van der Waals surface area contributed by atoms with E-state index in [-0.39, 0.29) is 6.10 Å². The molecule has 1 aromatic rings. The van der Waals surface area contributed by atoms with Crippen LogP contribution in [0.2, 0.25) is 5.02 Å². The number of benzene rings is 1. The minimum Gasteiger partial charge on any atom is -0.487 e. The van der Waals surface area contributed by atoms with Crippen molar-refractivity contribution in [3.63, 3.8) is 0 Å². The van der Waals surface area contributed by atoms with Crippen LogP contribution in [0.15, 0.2) is 18.2 Å². The molecule has 0 saturated carbocycles. The second-order valence-corrected chi connectivity index (χ2v) is 4.07. The second kappa shape index (κ2) is 4.20. The van der Waals surface area contributed by atoms with Crippen molar-refractivity contribution in [2.45, 2.75) is 19.4 Å². The Labute approximate surface area is 89.2 Å². The summed E-state index contributed by atoms with van der Waals surface area (Å²) in [6, 6.07) is 5.89. The molecule has 1 N–H and O–H groups in total. The molecule has 1 atom stereocenters. The average Bonchev–Trinajstić information content (AvgIpc) is 2.62. The van der Waals surface area contributed by atoms with E-state index in [0.717, 1.165) is 30.8 Å². The summed E-state index contributed by atoms with van der Waals surface area (Å²) in [7, 11) is 0. The minimum atomic E-state index is 0.273. The van der Waals surface area contributed by atoms with Crippen LogP contribution in [0, 0.1) is 6.92 Å². The van der Waals surface area contributed by atoms with Gasteiger partial charge in [0.15, 0.2) is 0 Å². The molecule has 1 aliphatic rings. The highest BCUT2D eigenvalue weighted by atomic mass is 35.5. The first-order valence-electron chi connectivity index (χ1n) is 4.89. The standard InChI is InChI=1S/C11H14ClNO/c1-8-2-3-11(10(12)6-8)14-9-4-5-13-7-9/h2-3,6,9,13H,4-5,7H2,1H3/t9-/m1/s1. The fourth-order valence-corrected chi connectivity index (χ4v) is 1.89. The molecule has 0 aliphatic carbocycles. The molecule has 0 spiro atoms. The van der Waals surface area contributed by atoms with Crippen LogP contribution in [0.3, 0.4) is 0 Å². The van der Waals surface area contributed by atoms with Gasteiger partial charge in [0, 0.05) is 6.54 Å². The van der Waals surface area contributed by atoms with E-state index in [0.29, 0.717) is 5.02 Å². The minimum absolute atomic E-state index is 0.273. The topological polar surface area (TPSA) is 21.3 Å². The predicted octanol–water partition coefficient (Wildman–Crippen LogP) is 2.39. The van der Waals surface area contributed by atoms with Crippen LogP contribution in [0.4, 0.5) is 0 Å². The van der Waals surface area contributed by atoms with Crippen molar-refractivity contribution < 1.29 is 4.74 Å². The molecule has 2 rings (SSSR count). The van der Waals surface area contributed by atoms with Crippen molar-refractivity contribution in [3.8, 4) is 5.75 Å². The SMILES string of the molecule is Cc1ccc(O[C@@H]2CCNC2)c(Cl)c1. The summed E-state index contributed by atoms with van der Waals surface area (Å²) in [5.74, 6) is 0.797. The molecule has 0 aromatic heterocycles. The third kappa shape index (κ3) is 2.20. The molecule has 76 valence electrons. The highest BCUT2D eigenvalue weighted by molar-refractivity contribution is 6.32. The average molecular weight is 212 g/mol. The highest BCUT2D eigenvalue weighted by Gasteiger charge is 2.16. The zero-order chi connectivity index (χ0) is 9.97. The number of halogens is 1. The molecule has 0 amide bonds. The van der Waals surface area contributed by atoms with Gasteiger partial charge in [-0.05, 0) is 37.6 Å². The third-order valence-corrected chi connectivity index (χ3v) is 2.69. The van der Waals surface area contributed by atoms with Gasteiger partial charge in [-0.1, -0.05) is 17.7 Å². The highest BCUT2D eigenvalue weighted by Crippen LogP contribution is 2.26. The van der Waals surface area contributed by atoms with Crippen molar-refractivity contribution >= 4 is 11.6 Å². The molecule has 1 heterocycles. The van der Waals surface area contributed by atoms with E-state index in [1.807, 2.05) is 25.1 Å². The maximum atomic E-state index is 6.06. The lowest BCUT2D eigenvalue weighted by molar-refractivity contribution is 0.223. The molecule has 1 aliphatic heterocycles. The van der Waals surface area contributed by atoms with Crippen molar-refractivity contribution in [1.29, 1.82) is 0 Å². The van der Waals surface area contributed by atoms with Gasteiger partial charge in [0.1, 0.15) is 11.9 Å². The quantitative estimate of drug-likeness (QED) is 0.811. The van der Waals surface area contributed by atoms with Gasteiger partial charge in [-0.25, -0.2) is 0 Å². The third-order valence-electron chi connectivity index (χ3n) is 2.40. The molecule has 0 bridgehead atoms. The summed E-state index contributed by atoms with van der Waals surface area (Å²) in [4.78, 5) is 0. The van der Waals surface area contributed by atoms with E-state index in [1.54, 1.807) is 0 Å². The van der Waals surface area contributed by atoms with Crippen LogP contribution in [0.25, 0.3) is 0 Å². The fourth-order valence-electron chi connectivity index (χ4n) is 1.61. The summed E-state index contributed by atoms with van der Waals surface area (Å²) in [5, 5.41) is 3.96. The lowest BCUT2D eigenvalue weighted by Crippen LogP contribution is -2.19. The maximum Gasteiger partial charge on any atom is 0.138 e. The maximum absolute atomic E-state index is 6.06. The Bertz CT molecular complexity index is 321. The summed E-state index contributed by atoms with van der Waals surface area (Å²) < 4.78 is 5.77. The van der Waals surface area contributed by atoms with E-state index < -0.39 is 0 Å². The molecular formula is C11H14ClNO. The number of hydrogen-bond acceptors (Lipinski definition) is 2. The molecular weight excluding hydrogens is 198 g/mol. The Morgan fingerprint density at radius 2 is 2.36 bits per heavy atom. The molecule has 14 heavy (non-hydrogen) atoms. The molecule has 3 heteroatoms. The van der Waals surface area contributed by atoms with Crippen LogP contribution in [0.5, 0.6) is 5.75 Å². The van der Waals surface area contributed by atoms with Gasteiger partial charge >= 0.3 is 0 Å². The summed E-state index contributed by atoms with van der Waals surface area (Å²) in [5.41, 5.74) is 1.16. The number of hydrogen-bond donors (Lipinski definition) is 1. The fraction of sp³-hybridized carbons (Fsp3) is 0.455. The molecule has 0 radical (unpaired) electrons. The van der Waals surface area contributed by atoms with E-state index in [2.05, 4.69) is 5.32 Å². The number of aryl methyl sites for hydroxylation is 1. The first-order chi connectivity index (χ1) is 6.75. The Balaban J connectivity index is 2.08. The normalized spacial score (nSPS) is 21.1. The molecule has 1 aromatic carbocycles. The van der Waals surface area contributed by atoms with Crippen LogP contribution >= 0.6 is 11.6 Å². The van der Waals surface area contributed by atoms with Crippen molar-refractivity contribution in [2.75, 3.05) is 13.1 Å². The first kappa shape index (κ1) is 9.81. The van der Waals surface area contributed by atoms with Gasteiger partial charge in [-0.3, -0.25) is 0 Å². The summed E-state index contributed by atoms with van der Waals surface area (Å²) in [6.45, 7) is 3.98. The van der Waals surface area contributed by atoms with Crippen LogP contribution < -0.4 is 10.1 Å². The monoisotopic (exact) mass is 211 g/mol. The number of ether oxygens (including phenoxy) is 1. The number of rotatable bonds is 2. The Morgan fingerprint density at radius 1 is 1.50 bits per heavy atom. The largest absolute Gasteiger partial charge is 0.487 e. The van der Waals surface area contributed by atoms with Crippen LogP contribution in [0.1, 0.15) is 12.0 Å². The molecule has 1 saturated heterocycles. The van der Waals surface area contributed by atoms with Gasteiger partial charge in [0.2, 0.25) is 0 Å². The van der Waals surface area contributed by atoms with Crippen molar-refractivity contribution in [3.05, 3.63) is 28.8 Å². The van der Waals surface area contributed by atoms with Gasteiger partial charge < -0.3 is 10.1 Å². The lowest BCUT2D eigenvalue weighted by Gasteiger charge is -2.13. The Morgan fingerprint density at radius 3 is 3.00 bits per heavy atom. The predicted molar refractivity (Wildman–Crippen MR) is 58.1 cm³/mol. The molecule has 1 fully saturated rings. The van der Waals surface area contributed by atoms with Crippen molar-refractivity contribution in [2.24, 2.45) is 0 Å². The Kier molecular flexibility index (Phi) is 2.94. The van der Waals surface area contributed by atoms with Crippen molar-refractivity contribution in [1.82, 2.24) is 5.32 Å². The van der Waals surface area contributed by atoms with Gasteiger partial charge in [0.05, 0.1) is 5.02 Å². The van der Waals surface area contributed by atoms with E-state index in [9.17, 15) is 0 Å². The lowest BCUT2D eigenvalue weighted by atomic mass is 10.2. The van der Waals surface area contributed by atoms with Crippen LogP contribution in [-0.4, -0.2) is 19.2 Å². The summed E-state index contributed by atoms with van der Waals surface area (Å²) >= 11 is 6.06. The smallest absolute Gasteiger partial charge is 0.138 e. The molecule has 2 nitrogen and oxygen atoms in total. The van der Waals surface area contributed by atoms with Gasteiger partial charge in [-0.2, -0.15) is 0 Å². The molecule has 0 unspecified atom stereocenters. The zero-order valence-electron chi connectivity index (χ0n) is 8.22. The van der Waals surface area contributed by atoms with E-state index in [4.69, 9.17) is 16.3 Å². The first-order valence-corrected chi connectivity index (χ1v) is 5.27. The van der Waals surface area contributed by atoms with E-state index in [1.165, 1.54) is 0 Å². The van der Waals surface area contributed by atoms with E-state index >= 15 is 0 Å². The number of nitrogens with one attached hydrogen (secondary N) is 1.